The quantitative estimate of drug-likeness (QED) is 0.810. The van der Waals surface area contributed by atoms with Gasteiger partial charge in [-0.3, -0.25) is 0 Å². The first kappa shape index (κ1) is 17.7. The van der Waals surface area contributed by atoms with E-state index in [0.29, 0.717) is 6.54 Å². The first-order chi connectivity index (χ1) is 9.79. The summed E-state index contributed by atoms with van der Waals surface area (Å²) < 4.78 is 13.8. The summed E-state index contributed by atoms with van der Waals surface area (Å²) in [7, 11) is 5.96. The predicted octanol–water partition coefficient (Wildman–Crippen LogP) is 2.24. The fourth-order valence-electron chi connectivity index (χ4n) is 1.86. The summed E-state index contributed by atoms with van der Waals surface area (Å²) in [5.74, 6) is -0.579. The zero-order chi connectivity index (χ0) is 16.0. The van der Waals surface area contributed by atoms with E-state index in [1.807, 2.05) is 21.1 Å². The lowest BCUT2D eigenvalue weighted by Crippen LogP contribution is -2.28. The second-order valence-corrected chi connectivity index (χ2v) is 5.66. The minimum absolute atomic E-state index is 0.00991. The molecule has 0 aliphatic heterocycles. The lowest BCUT2D eigenvalue weighted by atomic mass is 10.1. The Hall–Kier alpha value is -1.37. The Bertz CT molecular complexity index is 497. The van der Waals surface area contributed by atoms with Gasteiger partial charge in [0, 0.05) is 31.7 Å². The van der Waals surface area contributed by atoms with E-state index in [1.54, 1.807) is 12.1 Å². The average Bonchev–Trinajstić information content (AvgIpc) is 2.38. The fraction of sp³-hybridized carbons (Fsp3) is 0.500. The number of nitrogens with one attached hydrogen (secondary N) is 1. The highest BCUT2D eigenvalue weighted by Gasteiger charge is 2.11. The monoisotopic (exact) mass is 317 g/mol. The first-order valence-electron chi connectivity index (χ1n) is 6.56. The second-order valence-electron chi connectivity index (χ2n) is 5.25. The predicted molar refractivity (Wildman–Crippen MR) is 81.2 cm³/mol. The molecule has 0 aromatic heterocycles. The summed E-state index contributed by atoms with van der Waals surface area (Å²) >= 11 is 5.87. The maximum absolute atomic E-state index is 13.8. The van der Waals surface area contributed by atoms with Gasteiger partial charge in [0.05, 0.1) is 5.02 Å². The number of amides is 1. The standard InChI is InChI=1S/C14H21ClFN3O2/c1-18(2)4-5-19(3)9-10-6-11(8-17-14(20)21)13(16)12(15)7-10/h6-7,17H,4-5,8-9H2,1-3H3,(H,20,21). The van der Waals surface area contributed by atoms with Crippen LogP contribution in [0, 0.1) is 5.82 Å². The highest BCUT2D eigenvalue weighted by Crippen LogP contribution is 2.21. The molecule has 0 saturated heterocycles. The summed E-state index contributed by atoms with van der Waals surface area (Å²) in [6, 6.07) is 3.22. The van der Waals surface area contributed by atoms with Crippen LogP contribution in [-0.4, -0.2) is 55.2 Å². The van der Waals surface area contributed by atoms with Gasteiger partial charge < -0.3 is 20.2 Å². The molecule has 1 aromatic carbocycles. The molecule has 0 atom stereocenters. The molecule has 0 saturated carbocycles. The van der Waals surface area contributed by atoms with Crippen molar-refractivity contribution in [3.05, 3.63) is 34.1 Å². The SMILES string of the molecule is CN(C)CCN(C)Cc1cc(Cl)c(F)c(CNC(=O)O)c1. The summed E-state index contributed by atoms with van der Waals surface area (Å²) in [5.41, 5.74) is 1.10. The van der Waals surface area contributed by atoms with Gasteiger partial charge in [0.25, 0.3) is 0 Å². The Morgan fingerprint density at radius 3 is 2.57 bits per heavy atom. The van der Waals surface area contributed by atoms with Crippen LogP contribution >= 0.6 is 11.6 Å². The molecule has 0 unspecified atom stereocenters. The molecular formula is C14H21ClFN3O2. The normalized spacial score (nSPS) is 11.2. The van der Waals surface area contributed by atoms with E-state index in [2.05, 4.69) is 15.1 Å². The summed E-state index contributed by atoms with van der Waals surface area (Å²) in [6.45, 7) is 2.30. The molecule has 118 valence electrons. The van der Waals surface area contributed by atoms with Crippen LogP contribution in [0.25, 0.3) is 0 Å². The number of carboxylic acid groups (broad SMARTS) is 1. The van der Waals surface area contributed by atoms with Crippen LogP contribution in [0.1, 0.15) is 11.1 Å². The van der Waals surface area contributed by atoms with E-state index in [9.17, 15) is 9.18 Å². The van der Waals surface area contributed by atoms with E-state index >= 15 is 0 Å². The van der Waals surface area contributed by atoms with E-state index in [1.165, 1.54) is 0 Å². The van der Waals surface area contributed by atoms with E-state index < -0.39 is 11.9 Å². The van der Waals surface area contributed by atoms with Gasteiger partial charge in [0.1, 0.15) is 5.82 Å². The van der Waals surface area contributed by atoms with E-state index in [4.69, 9.17) is 16.7 Å². The maximum Gasteiger partial charge on any atom is 0.404 e. The minimum Gasteiger partial charge on any atom is -0.465 e. The Labute approximate surface area is 129 Å². The topological polar surface area (TPSA) is 55.8 Å². The lowest BCUT2D eigenvalue weighted by molar-refractivity contribution is 0.194. The van der Waals surface area contributed by atoms with Gasteiger partial charge in [-0.25, -0.2) is 9.18 Å². The highest BCUT2D eigenvalue weighted by atomic mass is 35.5. The van der Waals surface area contributed by atoms with Crippen LogP contribution in [0.3, 0.4) is 0 Å². The van der Waals surface area contributed by atoms with Gasteiger partial charge in [-0.2, -0.15) is 0 Å². The van der Waals surface area contributed by atoms with Crippen molar-refractivity contribution in [1.82, 2.24) is 15.1 Å². The Balaban J connectivity index is 2.76. The van der Waals surface area contributed by atoms with Crippen molar-refractivity contribution in [3.8, 4) is 0 Å². The Morgan fingerprint density at radius 2 is 2.00 bits per heavy atom. The maximum atomic E-state index is 13.8. The number of nitrogens with zero attached hydrogens (tertiary/aromatic N) is 2. The molecule has 1 amide bonds. The lowest BCUT2D eigenvalue weighted by Gasteiger charge is -2.20. The first-order valence-corrected chi connectivity index (χ1v) is 6.94. The minimum atomic E-state index is -1.20. The van der Waals surface area contributed by atoms with Gasteiger partial charge in [0.15, 0.2) is 0 Å². The van der Waals surface area contributed by atoms with E-state index in [-0.39, 0.29) is 17.1 Å². The van der Waals surface area contributed by atoms with Crippen LogP contribution in [-0.2, 0) is 13.1 Å². The van der Waals surface area contributed by atoms with Gasteiger partial charge in [-0.1, -0.05) is 11.6 Å². The third kappa shape index (κ3) is 6.29. The van der Waals surface area contributed by atoms with Crippen LogP contribution < -0.4 is 5.32 Å². The molecule has 0 aliphatic carbocycles. The Kier molecular flexibility index (Phi) is 6.87. The number of benzene rings is 1. The zero-order valence-electron chi connectivity index (χ0n) is 12.5. The molecule has 1 rings (SSSR count). The van der Waals surface area contributed by atoms with Crippen LogP contribution in [0.5, 0.6) is 0 Å². The van der Waals surface area contributed by atoms with Gasteiger partial charge in [0.2, 0.25) is 0 Å². The number of rotatable bonds is 7. The average molecular weight is 318 g/mol. The molecule has 7 heteroatoms. The van der Waals surface area contributed by atoms with Crippen molar-refractivity contribution in [2.24, 2.45) is 0 Å². The smallest absolute Gasteiger partial charge is 0.404 e. The molecule has 0 aliphatic rings. The third-order valence-electron chi connectivity index (χ3n) is 2.97. The molecular weight excluding hydrogens is 297 g/mol. The molecule has 1 aromatic rings. The second kappa shape index (κ2) is 8.17. The molecule has 0 spiro atoms. The third-order valence-corrected chi connectivity index (χ3v) is 3.25. The van der Waals surface area contributed by atoms with Gasteiger partial charge in [-0.15, -0.1) is 0 Å². The fourth-order valence-corrected chi connectivity index (χ4v) is 2.12. The molecule has 0 heterocycles. The van der Waals surface area contributed by atoms with Crippen molar-refractivity contribution >= 4 is 17.7 Å². The highest BCUT2D eigenvalue weighted by molar-refractivity contribution is 6.30. The van der Waals surface area contributed by atoms with E-state index in [0.717, 1.165) is 18.7 Å². The van der Waals surface area contributed by atoms with Crippen molar-refractivity contribution in [2.75, 3.05) is 34.2 Å². The number of carbonyl (C=O) groups is 1. The summed E-state index contributed by atoms with van der Waals surface area (Å²) in [5, 5.41) is 10.8. The number of hydrogen-bond acceptors (Lipinski definition) is 3. The Morgan fingerprint density at radius 1 is 1.33 bits per heavy atom. The largest absolute Gasteiger partial charge is 0.465 e. The van der Waals surface area contributed by atoms with Gasteiger partial charge in [-0.05, 0) is 38.8 Å². The number of likely N-dealkylation sites (N-methyl/N-ethyl adjacent to an activating group) is 2. The van der Waals surface area contributed by atoms with Crippen molar-refractivity contribution < 1.29 is 14.3 Å². The molecule has 2 N–H and O–H groups in total. The van der Waals surface area contributed by atoms with Crippen LogP contribution in [0.2, 0.25) is 5.02 Å². The zero-order valence-corrected chi connectivity index (χ0v) is 13.2. The molecule has 0 bridgehead atoms. The summed E-state index contributed by atoms with van der Waals surface area (Å²) in [6.07, 6.45) is -1.20. The van der Waals surface area contributed by atoms with Gasteiger partial charge >= 0.3 is 6.09 Å². The van der Waals surface area contributed by atoms with Crippen molar-refractivity contribution in [2.45, 2.75) is 13.1 Å². The van der Waals surface area contributed by atoms with Crippen LogP contribution in [0.15, 0.2) is 12.1 Å². The summed E-state index contributed by atoms with van der Waals surface area (Å²) in [4.78, 5) is 14.7. The van der Waals surface area contributed by atoms with Crippen molar-refractivity contribution in [3.63, 3.8) is 0 Å². The number of halogens is 2. The molecule has 0 fully saturated rings. The number of hydrogen-bond donors (Lipinski definition) is 2. The molecule has 0 radical (unpaired) electrons. The molecule has 5 nitrogen and oxygen atoms in total. The van der Waals surface area contributed by atoms with Crippen LogP contribution in [0.4, 0.5) is 9.18 Å². The molecule has 21 heavy (non-hydrogen) atoms. The van der Waals surface area contributed by atoms with Crippen molar-refractivity contribution in [1.29, 1.82) is 0 Å².